The van der Waals surface area contributed by atoms with E-state index in [2.05, 4.69) is 62.4 Å². The van der Waals surface area contributed by atoms with Crippen molar-refractivity contribution in [3.8, 4) is 11.5 Å². The first-order valence-electron chi connectivity index (χ1n) is 20.7. The molecule has 2 heteroatoms. The molecule has 2 saturated carbocycles. The van der Waals surface area contributed by atoms with Gasteiger partial charge >= 0.3 is 0 Å². The Morgan fingerprint density at radius 2 is 0.745 bits per heavy atom. The van der Waals surface area contributed by atoms with Crippen molar-refractivity contribution in [1.82, 2.24) is 0 Å². The van der Waals surface area contributed by atoms with Crippen molar-refractivity contribution >= 4 is 0 Å². The molecule has 0 aromatic heterocycles. The van der Waals surface area contributed by atoms with Crippen LogP contribution in [-0.2, 0) is 0 Å². The van der Waals surface area contributed by atoms with Crippen LogP contribution in [0.5, 0.6) is 11.5 Å². The van der Waals surface area contributed by atoms with E-state index in [-0.39, 0.29) is 0 Å². The first kappa shape index (κ1) is 37.9. The summed E-state index contributed by atoms with van der Waals surface area (Å²) >= 11 is 0. The molecule has 2 aromatic carbocycles. The molecule has 4 rings (SSSR count). The molecule has 2 aromatic rings. The van der Waals surface area contributed by atoms with Crippen molar-refractivity contribution in [3.05, 3.63) is 59.7 Å². The summed E-state index contributed by atoms with van der Waals surface area (Å²) < 4.78 is 12.1. The average Bonchev–Trinajstić information content (AvgIpc) is 3.12. The maximum absolute atomic E-state index is 6.07. The number of ether oxygens (including phenoxy) is 2. The van der Waals surface area contributed by atoms with Crippen molar-refractivity contribution in [3.63, 3.8) is 0 Å². The first-order chi connectivity index (χ1) is 23.2. The highest BCUT2D eigenvalue weighted by Gasteiger charge is 2.23. The molecule has 2 aliphatic carbocycles. The van der Waals surface area contributed by atoms with Gasteiger partial charge in [-0.2, -0.15) is 0 Å². The largest absolute Gasteiger partial charge is 0.494 e. The molecule has 0 heterocycles. The summed E-state index contributed by atoms with van der Waals surface area (Å²) in [5.74, 6) is 5.60. The predicted octanol–water partition coefficient (Wildman–Crippen LogP) is 14.4. The van der Waals surface area contributed by atoms with Gasteiger partial charge in [0.1, 0.15) is 11.5 Å². The van der Waals surface area contributed by atoms with Crippen LogP contribution >= 0.6 is 0 Å². The fourth-order valence-electron chi connectivity index (χ4n) is 8.43. The van der Waals surface area contributed by atoms with Crippen molar-refractivity contribution in [2.75, 3.05) is 13.2 Å². The van der Waals surface area contributed by atoms with Gasteiger partial charge in [-0.1, -0.05) is 134 Å². The Morgan fingerprint density at radius 1 is 0.404 bits per heavy atom. The van der Waals surface area contributed by atoms with Gasteiger partial charge in [0.2, 0.25) is 0 Å². The third-order valence-electron chi connectivity index (χ3n) is 11.7. The molecule has 0 aliphatic heterocycles. The van der Waals surface area contributed by atoms with E-state index in [1.165, 1.54) is 172 Å². The molecule has 2 nitrogen and oxygen atoms in total. The Morgan fingerprint density at radius 3 is 1.09 bits per heavy atom. The Bertz CT molecular complexity index is 927. The maximum atomic E-state index is 6.07. The van der Waals surface area contributed by atoms with Crippen molar-refractivity contribution in [2.45, 2.75) is 186 Å². The smallest absolute Gasteiger partial charge is 0.119 e. The predicted molar refractivity (Wildman–Crippen MR) is 203 cm³/mol. The minimum Gasteiger partial charge on any atom is -0.494 e. The van der Waals surface area contributed by atoms with Gasteiger partial charge in [-0.05, 0) is 123 Å². The Hall–Kier alpha value is -1.96. The van der Waals surface area contributed by atoms with E-state index in [1.54, 1.807) is 0 Å². The second-order valence-electron chi connectivity index (χ2n) is 15.4. The fourth-order valence-corrected chi connectivity index (χ4v) is 8.43. The van der Waals surface area contributed by atoms with Crippen LogP contribution in [0.25, 0.3) is 0 Å². The van der Waals surface area contributed by atoms with Gasteiger partial charge in [-0.15, -0.1) is 0 Å². The molecule has 0 atom stereocenters. The third kappa shape index (κ3) is 15.0. The zero-order chi connectivity index (χ0) is 32.8. The zero-order valence-corrected chi connectivity index (χ0v) is 30.8. The molecule has 0 unspecified atom stereocenters. The minimum absolute atomic E-state index is 0.766. The molecular formula is C45H72O2. The molecule has 2 aliphatic rings. The molecule has 2 fully saturated rings. The molecule has 264 valence electrons. The lowest BCUT2D eigenvalue weighted by molar-refractivity contribution is 0.298. The number of benzene rings is 2. The van der Waals surface area contributed by atoms with E-state index in [9.17, 15) is 0 Å². The van der Waals surface area contributed by atoms with Gasteiger partial charge in [0, 0.05) is 0 Å². The highest BCUT2D eigenvalue weighted by Crippen LogP contribution is 2.39. The van der Waals surface area contributed by atoms with Crippen LogP contribution in [0.1, 0.15) is 197 Å². The summed E-state index contributed by atoms with van der Waals surface area (Å²) in [5.41, 5.74) is 3.06. The highest BCUT2D eigenvalue weighted by molar-refractivity contribution is 5.30. The lowest BCUT2D eigenvalue weighted by atomic mass is 9.77. The van der Waals surface area contributed by atoms with E-state index >= 15 is 0 Å². The highest BCUT2D eigenvalue weighted by atomic mass is 16.5. The first-order valence-corrected chi connectivity index (χ1v) is 20.7. The Balaban J connectivity index is 0.924. The quantitative estimate of drug-likeness (QED) is 0.106. The maximum Gasteiger partial charge on any atom is 0.119 e. The molecule has 0 saturated heterocycles. The summed E-state index contributed by atoms with van der Waals surface area (Å²) in [6.07, 6.45) is 34.2. The van der Waals surface area contributed by atoms with Crippen LogP contribution in [0.2, 0.25) is 0 Å². The van der Waals surface area contributed by atoms with Gasteiger partial charge in [0.25, 0.3) is 0 Å². The topological polar surface area (TPSA) is 18.5 Å². The fraction of sp³-hybridized carbons (Fsp3) is 0.733. The average molecular weight is 645 g/mol. The molecular weight excluding hydrogens is 572 g/mol. The molecule has 0 bridgehead atoms. The van der Waals surface area contributed by atoms with Crippen LogP contribution in [-0.4, -0.2) is 13.2 Å². The van der Waals surface area contributed by atoms with E-state index in [0.717, 1.165) is 48.4 Å². The van der Waals surface area contributed by atoms with Crippen molar-refractivity contribution < 1.29 is 9.47 Å². The normalized spacial score (nSPS) is 21.5. The second-order valence-corrected chi connectivity index (χ2v) is 15.4. The zero-order valence-electron chi connectivity index (χ0n) is 30.8. The lowest BCUT2D eigenvalue weighted by Gasteiger charge is -2.29. The minimum atomic E-state index is 0.766. The van der Waals surface area contributed by atoms with Crippen molar-refractivity contribution in [2.24, 2.45) is 11.8 Å². The van der Waals surface area contributed by atoms with Crippen LogP contribution in [0.4, 0.5) is 0 Å². The molecule has 0 N–H and O–H groups in total. The van der Waals surface area contributed by atoms with Crippen LogP contribution in [0.15, 0.2) is 48.5 Å². The van der Waals surface area contributed by atoms with E-state index in [0.29, 0.717) is 0 Å². The molecule has 0 amide bonds. The number of unbranched alkanes of at least 4 members (excludes halogenated alkanes) is 12. The standard InChI is InChI=1S/C45H72O2/c1-3-5-14-18-38-20-24-40(25-21-38)42-28-32-44(33-29-42)46-36-16-12-10-8-7-9-11-13-17-37-47-45-34-30-43(31-35-45)41-26-22-39(23-27-41)19-15-6-4-2/h28-35,38-41H,3-27,36-37H2,1-2H3. The van der Waals surface area contributed by atoms with Gasteiger partial charge in [0.15, 0.2) is 0 Å². The van der Waals surface area contributed by atoms with Gasteiger partial charge in [0.05, 0.1) is 13.2 Å². The summed E-state index contributed by atoms with van der Waals surface area (Å²) in [5, 5.41) is 0. The summed E-state index contributed by atoms with van der Waals surface area (Å²) in [6.45, 7) is 6.33. The molecule has 0 radical (unpaired) electrons. The van der Waals surface area contributed by atoms with Crippen LogP contribution in [0.3, 0.4) is 0 Å². The Kier molecular flexibility index (Phi) is 18.8. The van der Waals surface area contributed by atoms with Crippen molar-refractivity contribution in [1.29, 1.82) is 0 Å². The summed E-state index contributed by atoms with van der Waals surface area (Å²) in [6, 6.07) is 18.2. The lowest BCUT2D eigenvalue weighted by Crippen LogP contribution is -2.13. The monoisotopic (exact) mass is 645 g/mol. The number of hydrogen-bond acceptors (Lipinski definition) is 2. The number of rotatable bonds is 24. The summed E-state index contributed by atoms with van der Waals surface area (Å²) in [7, 11) is 0. The molecule has 0 spiro atoms. The molecule has 47 heavy (non-hydrogen) atoms. The van der Waals surface area contributed by atoms with Gasteiger partial charge < -0.3 is 9.47 Å². The Labute approximate surface area is 291 Å². The third-order valence-corrected chi connectivity index (χ3v) is 11.7. The van der Waals surface area contributed by atoms with E-state index in [4.69, 9.17) is 9.47 Å². The van der Waals surface area contributed by atoms with Gasteiger partial charge in [-0.3, -0.25) is 0 Å². The van der Waals surface area contributed by atoms with Crippen LogP contribution in [0, 0.1) is 11.8 Å². The second kappa shape index (κ2) is 23.4. The SMILES string of the molecule is CCCCCC1CCC(c2ccc(OCCCCCCCCCCCOc3ccc(C4CCC(CCCCC)CC4)cc3)cc2)CC1. The van der Waals surface area contributed by atoms with Gasteiger partial charge in [-0.25, -0.2) is 0 Å². The van der Waals surface area contributed by atoms with E-state index in [1.807, 2.05) is 0 Å². The van der Waals surface area contributed by atoms with E-state index < -0.39 is 0 Å². The number of hydrogen-bond donors (Lipinski definition) is 0. The summed E-state index contributed by atoms with van der Waals surface area (Å²) in [4.78, 5) is 0. The van der Waals surface area contributed by atoms with Crippen LogP contribution < -0.4 is 9.47 Å².